The number of rotatable bonds is 3. The molecular weight excluding hydrogens is 206 g/mol. The van der Waals surface area contributed by atoms with Crippen molar-refractivity contribution >= 4 is 11.6 Å². The van der Waals surface area contributed by atoms with E-state index in [1.54, 1.807) is 0 Å². The van der Waals surface area contributed by atoms with Crippen molar-refractivity contribution in [3.8, 4) is 0 Å². The van der Waals surface area contributed by atoms with Crippen LogP contribution in [0.15, 0.2) is 24.3 Å². The Kier molecular flexibility index (Phi) is 2.78. The normalized spacial score (nSPS) is 24.9. The molecule has 2 unspecified atom stereocenters. The molecule has 0 heterocycles. The van der Waals surface area contributed by atoms with E-state index in [2.05, 4.69) is 26.0 Å². The van der Waals surface area contributed by atoms with Gasteiger partial charge in [-0.15, -0.1) is 0 Å². The topological polar surface area (TPSA) is 26.0 Å². The molecule has 2 atom stereocenters. The zero-order valence-electron chi connectivity index (χ0n) is 9.33. The molecule has 2 heteroatoms. The number of halogens is 1. The van der Waals surface area contributed by atoms with Gasteiger partial charge in [0.2, 0.25) is 0 Å². The molecule has 1 nitrogen and oxygen atoms in total. The van der Waals surface area contributed by atoms with Gasteiger partial charge in [0.25, 0.3) is 0 Å². The lowest BCUT2D eigenvalue weighted by atomic mass is 9.98. The fourth-order valence-electron chi connectivity index (χ4n) is 2.27. The van der Waals surface area contributed by atoms with Gasteiger partial charge in [-0.2, -0.15) is 0 Å². The Morgan fingerprint density at radius 2 is 1.93 bits per heavy atom. The van der Waals surface area contributed by atoms with Crippen LogP contribution in [-0.2, 0) is 6.42 Å². The van der Waals surface area contributed by atoms with Crippen LogP contribution in [0.4, 0.5) is 0 Å². The van der Waals surface area contributed by atoms with Crippen LogP contribution in [-0.4, -0.2) is 6.04 Å². The summed E-state index contributed by atoms with van der Waals surface area (Å²) in [6.45, 7) is 4.58. The lowest BCUT2D eigenvalue weighted by molar-refractivity contribution is 0.476. The average molecular weight is 224 g/mol. The largest absolute Gasteiger partial charge is 0.327 e. The van der Waals surface area contributed by atoms with Gasteiger partial charge in [-0.1, -0.05) is 37.6 Å². The average Bonchev–Trinajstić information content (AvgIpc) is 2.79. The smallest absolute Gasteiger partial charge is 0.0406 e. The van der Waals surface area contributed by atoms with Crippen LogP contribution in [0.2, 0.25) is 5.02 Å². The molecule has 0 aliphatic heterocycles. The van der Waals surface area contributed by atoms with Crippen LogP contribution in [0.3, 0.4) is 0 Å². The Labute approximate surface area is 96.6 Å². The molecule has 0 radical (unpaired) electrons. The molecule has 1 aromatic carbocycles. The van der Waals surface area contributed by atoms with Crippen LogP contribution in [0.5, 0.6) is 0 Å². The quantitative estimate of drug-likeness (QED) is 0.837. The summed E-state index contributed by atoms with van der Waals surface area (Å²) in [6, 6.07) is 8.29. The predicted molar refractivity (Wildman–Crippen MR) is 65.0 cm³/mol. The van der Waals surface area contributed by atoms with Crippen LogP contribution in [0.25, 0.3) is 0 Å². The lowest BCUT2D eigenvalue weighted by Crippen LogP contribution is -2.27. The molecule has 1 aliphatic rings. The summed E-state index contributed by atoms with van der Waals surface area (Å²) >= 11 is 5.84. The van der Waals surface area contributed by atoms with E-state index in [0.717, 1.165) is 11.4 Å². The third-order valence-electron chi connectivity index (χ3n) is 3.49. The molecule has 1 aromatic rings. The third-order valence-corrected chi connectivity index (χ3v) is 3.74. The van der Waals surface area contributed by atoms with E-state index in [-0.39, 0.29) is 0 Å². The molecule has 2 N–H and O–H groups in total. The van der Waals surface area contributed by atoms with Gasteiger partial charge in [0.1, 0.15) is 0 Å². The van der Waals surface area contributed by atoms with Crippen LogP contribution < -0.4 is 5.73 Å². The maximum absolute atomic E-state index is 6.19. The molecule has 0 amide bonds. The monoisotopic (exact) mass is 223 g/mol. The second-order valence-electron chi connectivity index (χ2n) is 5.29. The number of benzene rings is 1. The molecule has 0 aromatic heterocycles. The van der Waals surface area contributed by atoms with E-state index in [1.165, 1.54) is 12.0 Å². The molecule has 0 spiro atoms. The first-order valence-corrected chi connectivity index (χ1v) is 5.87. The first-order chi connectivity index (χ1) is 6.99. The minimum Gasteiger partial charge on any atom is -0.327 e. The Balaban J connectivity index is 1.95. The first-order valence-electron chi connectivity index (χ1n) is 5.49. The maximum Gasteiger partial charge on any atom is 0.0406 e. The van der Waals surface area contributed by atoms with Gasteiger partial charge in [0.15, 0.2) is 0 Å². The fourth-order valence-corrected chi connectivity index (χ4v) is 2.40. The van der Waals surface area contributed by atoms with E-state index in [0.29, 0.717) is 17.4 Å². The Bertz CT molecular complexity index is 342. The molecule has 82 valence electrons. The van der Waals surface area contributed by atoms with Gasteiger partial charge in [0.05, 0.1) is 0 Å². The Morgan fingerprint density at radius 3 is 2.40 bits per heavy atom. The van der Waals surface area contributed by atoms with Crippen molar-refractivity contribution in [3.63, 3.8) is 0 Å². The molecule has 0 bridgehead atoms. The van der Waals surface area contributed by atoms with Crippen LogP contribution in [0, 0.1) is 11.3 Å². The van der Waals surface area contributed by atoms with Gasteiger partial charge in [0, 0.05) is 11.1 Å². The van der Waals surface area contributed by atoms with Crippen molar-refractivity contribution in [2.24, 2.45) is 17.1 Å². The van der Waals surface area contributed by atoms with E-state index in [1.807, 2.05) is 12.1 Å². The SMILES string of the molecule is CC1(C)CC1C(N)Cc1ccc(Cl)cc1. The van der Waals surface area contributed by atoms with Crippen molar-refractivity contribution in [3.05, 3.63) is 34.9 Å². The summed E-state index contributed by atoms with van der Waals surface area (Å²) in [7, 11) is 0. The zero-order chi connectivity index (χ0) is 11.1. The summed E-state index contributed by atoms with van der Waals surface area (Å²) in [4.78, 5) is 0. The summed E-state index contributed by atoms with van der Waals surface area (Å²) < 4.78 is 0. The van der Waals surface area contributed by atoms with Crippen molar-refractivity contribution in [1.29, 1.82) is 0 Å². The fraction of sp³-hybridized carbons (Fsp3) is 0.538. The maximum atomic E-state index is 6.19. The van der Waals surface area contributed by atoms with E-state index in [9.17, 15) is 0 Å². The highest BCUT2D eigenvalue weighted by Gasteiger charge is 2.48. The highest BCUT2D eigenvalue weighted by molar-refractivity contribution is 6.30. The van der Waals surface area contributed by atoms with Gasteiger partial charge < -0.3 is 5.73 Å². The Hall–Kier alpha value is -0.530. The number of hydrogen-bond donors (Lipinski definition) is 1. The second kappa shape index (κ2) is 3.80. The van der Waals surface area contributed by atoms with Crippen LogP contribution >= 0.6 is 11.6 Å². The van der Waals surface area contributed by atoms with Gasteiger partial charge in [-0.05, 0) is 41.9 Å². The van der Waals surface area contributed by atoms with E-state index in [4.69, 9.17) is 17.3 Å². The summed E-state index contributed by atoms with van der Waals surface area (Å²) in [5, 5.41) is 0.791. The standard InChI is InChI=1S/C13H18ClN/c1-13(2)8-11(13)12(15)7-9-3-5-10(14)6-4-9/h3-6,11-12H,7-8,15H2,1-2H3. The third kappa shape index (κ3) is 2.53. The minimum atomic E-state index is 0.293. The van der Waals surface area contributed by atoms with Crippen molar-refractivity contribution in [2.45, 2.75) is 32.7 Å². The molecule has 1 fully saturated rings. The highest BCUT2D eigenvalue weighted by Crippen LogP contribution is 2.53. The van der Waals surface area contributed by atoms with Crippen molar-refractivity contribution in [1.82, 2.24) is 0 Å². The number of nitrogens with two attached hydrogens (primary N) is 1. The van der Waals surface area contributed by atoms with Crippen LogP contribution in [0.1, 0.15) is 25.8 Å². The molecule has 1 saturated carbocycles. The molecule has 0 saturated heterocycles. The van der Waals surface area contributed by atoms with E-state index < -0.39 is 0 Å². The van der Waals surface area contributed by atoms with Crippen molar-refractivity contribution < 1.29 is 0 Å². The summed E-state index contributed by atoms with van der Waals surface area (Å²) in [5.74, 6) is 0.688. The second-order valence-corrected chi connectivity index (χ2v) is 5.73. The first kappa shape index (κ1) is 11.0. The lowest BCUT2D eigenvalue weighted by Gasteiger charge is -2.13. The highest BCUT2D eigenvalue weighted by atomic mass is 35.5. The molecular formula is C13H18ClN. The zero-order valence-corrected chi connectivity index (χ0v) is 10.1. The molecule has 1 aliphatic carbocycles. The van der Waals surface area contributed by atoms with Crippen molar-refractivity contribution in [2.75, 3.05) is 0 Å². The molecule has 15 heavy (non-hydrogen) atoms. The van der Waals surface area contributed by atoms with Gasteiger partial charge in [-0.25, -0.2) is 0 Å². The van der Waals surface area contributed by atoms with Gasteiger partial charge in [-0.3, -0.25) is 0 Å². The van der Waals surface area contributed by atoms with E-state index >= 15 is 0 Å². The summed E-state index contributed by atoms with van der Waals surface area (Å²) in [5.41, 5.74) is 7.94. The number of hydrogen-bond acceptors (Lipinski definition) is 1. The van der Waals surface area contributed by atoms with Gasteiger partial charge >= 0.3 is 0 Å². The summed E-state index contributed by atoms with van der Waals surface area (Å²) in [6.07, 6.45) is 2.23. The predicted octanol–water partition coefficient (Wildman–Crippen LogP) is 3.26. The molecule has 2 rings (SSSR count). The Morgan fingerprint density at radius 1 is 1.40 bits per heavy atom. The minimum absolute atomic E-state index is 0.293.